The Labute approximate surface area is 107 Å². The molecule has 1 amide bonds. The summed E-state index contributed by atoms with van der Waals surface area (Å²) in [4.78, 5) is 11.2. The highest BCUT2D eigenvalue weighted by Crippen LogP contribution is 2.25. The van der Waals surface area contributed by atoms with E-state index >= 15 is 0 Å². The van der Waals surface area contributed by atoms with E-state index in [9.17, 15) is 13.2 Å². The fourth-order valence-electron chi connectivity index (χ4n) is 1.99. The fourth-order valence-corrected chi connectivity index (χ4v) is 3.02. The molecule has 2 unspecified atom stereocenters. The zero-order valence-electron chi connectivity index (χ0n) is 10.5. The molecule has 0 radical (unpaired) electrons. The van der Waals surface area contributed by atoms with Gasteiger partial charge in [0.2, 0.25) is 0 Å². The second kappa shape index (κ2) is 6.35. The van der Waals surface area contributed by atoms with Crippen molar-refractivity contribution in [3.05, 3.63) is 0 Å². The average Bonchev–Trinajstić information content (AvgIpc) is 2.61. The molecule has 0 aromatic heterocycles. The van der Waals surface area contributed by atoms with E-state index in [0.717, 1.165) is 12.8 Å². The van der Waals surface area contributed by atoms with Crippen LogP contribution in [0.4, 0.5) is 4.79 Å². The van der Waals surface area contributed by atoms with E-state index in [4.69, 9.17) is 5.11 Å². The number of hydrogen-bond acceptors (Lipinski definition) is 5. The van der Waals surface area contributed by atoms with Gasteiger partial charge < -0.3 is 9.84 Å². The SMILES string of the molecule is CC(C)OC(=O)NS(=O)(=O)NC1CCCC1CO. The molecule has 1 aliphatic rings. The molecule has 0 spiro atoms. The molecule has 0 bridgehead atoms. The molecule has 1 fully saturated rings. The molecule has 18 heavy (non-hydrogen) atoms. The Morgan fingerprint density at radius 2 is 2.11 bits per heavy atom. The van der Waals surface area contributed by atoms with Crippen LogP contribution < -0.4 is 9.44 Å². The minimum atomic E-state index is -3.94. The minimum absolute atomic E-state index is 0.0658. The summed E-state index contributed by atoms with van der Waals surface area (Å²) >= 11 is 0. The van der Waals surface area contributed by atoms with Crippen LogP contribution in [0, 0.1) is 5.92 Å². The lowest BCUT2D eigenvalue weighted by molar-refractivity contribution is 0.121. The molecule has 3 N–H and O–H groups in total. The summed E-state index contributed by atoms with van der Waals surface area (Å²) in [5.41, 5.74) is 0. The largest absolute Gasteiger partial charge is 0.446 e. The van der Waals surface area contributed by atoms with Gasteiger partial charge in [0.1, 0.15) is 0 Å². The van der Waals surface area contributed by atoms with Gasteiger partial charge in [0.15, 0.2) is 0 Å². The molecular weight excluding hydrogens is 260 g/mol. The summed E-state index contributed by atoms with van der Waals surface area (Å²) in [5.74, 6) is -0.0947. The van der Waals surface area contributed by atoms with Crippen LogP contribution in [0.5, 0.6) is 0 Å². The van der Waals surface area contributed by atoms with Crippen LogP contribution in [0.2, 0.25) is 0 Å². The molecule has 1 aliphatic carbocycles. The fraction of sp³-hybridized carbons (Fsp3) is 0.900. The van der Waals surface area contributed by atoms with Crippen molar-refractivity contribution in [1.29, 1.82) is 0 Å². The quantitative estimate of drug-likeness (QED) is 0.663. The number of ether oxygens (including phenoxy) is 1. The molecular formula is C10H20N2O5S. The van der Waals surface area contributed by atoms with Crippen LogP contribution in [-0.2, 0) is 14.9 Å². The van der Waals surface area contributed by atoms with Crippen LogP contribution in [0.3, 0.4) is 0 Å². The van der Waals surface area contributed by atoms with Gasteiger partial charge in [-0.1, -0.05) is 6.42 Å². The molecule has 2 atom stereocenters. The molecule has 106 valence electrons. The number of hydrogen-bond donors (Lipinski definition) is 3. The number of aliphatic hydroxyl groups excluding tert-OH is 1. The maximum absolute atomic E-state index is 11.6. The van der Waals surface area contributed by atoms with Crippen molar-refractivity contribution in [2.45, 2.75) is 45.3 Å². The Kier molecular flexibility index (Phi) is 5.36. The molecule has 0 heterocycles. The number of rotatable bonds is 5. The van der Waals surface area contributed by atoms with Crippen molar-refractivity contribution in [2.24, 2.45) is 5.92 Å². The monoisotopic (exact) mass is 280 g/mol. The smallest absolute Gasteiger partial charge is 0.422 e. The molecule has 0 aromatic carbocycles. The van der Waals surface area contributed by atoms with E-state index in [-0.39, 0.29) is 18.6 Å². The number of carbonyl (C=O) groups excluding carboxylic acids is 1. The Morgan fingerprint density at radius 1 is 1.44 bits per heavy atom. The summed E-state index contributed by atoms with van der Waals surface area (Å²) in [7, 11) is -3.94. The lowest BCUT2D eigenvalue weighted by Crippen LogP contribution is -2.47. The second-order valence-corrected chi connectivity index (χ2v) is 6.10. The predicted molar refractivity (Wildman–Crippen MR) is 65.0 cm³/mol. The van der Waals surface area contributed by atoms with E-state index < -0.39 is 22.4 Å². The van der Waals surface area contributed by atoms with Gasteiger partial charge in [-0.05, 0) is 32.6 Å². The van der Waals surface area contributed by atoms with E-state index in [1.54, 1.807) is 18.6 Å². The van der Waals surface area contributed by atoms with Gasteiger partial charge in [-0.15, -0.1) is 0 Å². The zero-order chi connectivity index (χ0) is 13.8. The van der Waals surface area contributed by atoms with Crippen molar-refractivity contribution < 1.29 is 23.1 Å². The van der Waals surface area contributed by atoms with Gasteiger partial charge in [-0.3, -0.25) is 0 Å². The average molecular weight is 280 g/mol. The predicted octanol–water partition coefficient (Wildman–Crippen LogP) is 0.116. The van der Waals surface area contributed by atoms with Crippen LogP contribution in [0.25, 0.3) is 0 Å². The van der Waals surface area contributed by atoms with E-state index in [1.807, 2.05) is 0 Å². The van der Waals surface area contributed by atoms with Gasteiger partial charge in [0, 0.05) is 12.6 Å². The molecule has 8 heteroatoms. The van der Waals surface area contributed by atoms with Crippen LogP contribution >= 0.6 is 0 Å². The molecule has 1 saturated carbocycles. The Bertz CT molecular complexity index is 382. The molecule has 0 saturated heterocycles. The number of nitrogens with one attached hydrogen (secondary N) is 2. The highest BCUT2D eigenvalue weighted by Gasteiger charge is 2.30. The first-order valence-electron chi connectivity index (χ1n) is 5.95. The van der Waals surface area contributed by atoms with Crippen molar-refractivity contribution in [1.82, 2.24) is 9.44 Å². The minimum Gasteiger partial charge on any atom is -0.446 e. The van der Waals surface area contributed by atoms with Gasteiger partial charge in [-0.2, -0.15) is 13.1 Å². The van der Waals surface area contributed by atoms with E-state index in [1.165, 1.54) is 0 Å². The van der Waals surface area contributed by atoms with Crippen LogP contribution in [-0.4, -0.2) is 38.4 Å². The first kappa shape index (κ1) is 15.2. The third-order valence-corrected chi connectivity index (χ3v) is 3.81. The second-order valence-electron chi connectivity index (χ2n) is 4.66. The lowest BCUT2D eigenvalue weighted by Gasteiger charge is -2.19. The highest BCUT2D eigenvalue weighted by atomic mass is 32.2. The maximum Gasteiger partial charge on any atom is 0.422 e. The number of carbonyl (C=O) groups is 1. The Morgan fingerprint density at radius 3 is 2.67 bits per heavy atom. The van der Waals surface area contributed by atoms with E-state index in [0.29, 0.717) is 6.42 Å². The third kappa shape index (κ3) is 4.79. The molecule has 0 aromatic rings. The van der Waals surface area contributed by atoms with Crippen LogP contribution in [0.1, 0.15) is 33.1 Å². The highest BCUT2D eigenvalue weighted by molar-refractivity contribution is 7.88. The summed E-state index contributed by atoms with van der Waals surface area (Å²) < 4.78 is 32.1. The molecule has 0 aliphatic heterocycles. The third-order valence-electron chi connectivity index (χ3n) is 2.76. The van der Waals surface area contributed by atoms with Crippen molar-refractivity contribution in [3.8, 4) is 0 Å². The van der Waals surface area contributed by atoms with Crippen LogP contribution in [0.15, 0.2) is 0 Å². The summed E-state index contributed by atoms with van der Waals surface area (Å²) in [6.45, 7) is 3.18. The maximum atomic E-state index is 11.6. The van der Waals surface area contributed by atoms with Gasteiger partial charge in [-0.25, -0.2) is 9.52 Å². The van der Waals surface area contributed by atoms with Crippen molar-refractivity contribution in [2.75, 3.05) is 6.61 Å². The van der Waals surface area contributed by atoms with E-state index in [2.05, 4.69) is 9.46 Å². The number of amides is 1. The lowest BCUT2D eigenvalue weighted by atomic mass is 10.1. The summed E-state index contributed by atoms with van der Waals surface area (Å²) in [5, 5.41) is 9.09. The van der Waals surface area contributed by atoms with Gasteiger partial charge in [0.25, 0.3) is 0 Å². The standard InChI is InChI=1S/C10H20N2O5S/c1-7(2)17-10(14)12-18(15,16)11-9-5-3-4-8(9)6-13/h7-9,11,13H,3-6H2,1-2H3,(H,12,14). The topological polar surface area (TPSA) is 105 Å². The van der Waals surface area contributed by atoms with Crippen molar-refractivity contribution >= 4 is 16.3 Å². The number of aliphatic hydroxyl groups is 1. The van der Waals surface area contributed by atoms with Crippen molar-refractivity contribution in [3.63, 3.8) is 0 Å². The summed E-state index contributed by atoms with van der Waals surface area (Å²) in [6, 6.07) is -0.334. The normalized spacial score (nSPS) is 24.2. The molecule has 7 nitrogen and oxygen atoms in total. The zero-order valence-corrected chi connectivity index (χ0v) is 11.4. The first-order chi connectivity index (χ1) is 8.34. The van der Waals surface area contributed by atoms with Gasteiger partial charge in [0.05, 0.1) is 6.10 Å². The van der Waals surface area contributed by atoms with Gasteiger partial charge >= 0.3 is 16.3 Å². The summed E-state index contributed by atoms with van der Waals surface area (Å²) in [6.07, 6.45) is 0.897. The first-order valence-corrected chi connectivity index (χ1v) is 7.44. The Hall–Kier alpha value is -0.860. The molecule has 1 rings (SSSR count). The Balaban J connectivity index is 2.51.